The standard InChI is InChI=1S/C18H25FO2/c1-11(2)15-7-5-12(3)9-18(15)21-17-8-6-14(19)10-16(17)13(4)20/h6,8,10-12,15,18H,5,7,9H2,1-4H3. The number of hydrogen-bond donors (Lipinski definition) is 0. The lowest BCUT2D eigenvalue weighted by atomic mass is 9.75. The van der Waals surface area contributed by atoms with Gasteiger partial charge in [0.25, 0.3) is 0 Å². The van der Waals surface area contributed by atoms with Crippen LogP contribution in [0, 0.1) is 23.6 Å². The smallest absolute Gasteiger partial charge is 0.163 e. The van der Waals surface area contributed by atoms with Gasteiger partial charge in [0.15, 0.2) is 5.78 Å². The van der Waals surface area contributed by atoms with Crippen molar-refractivity contribution in [2.45, 2.75) is 53.1 Å². The van der Waals surface area contributed by atoms with E-state index in [1.807, 2.05) is 0 Å². The zero-order valence-corrected chi connectivity index (χ0v) is 13.4. The third-order valence-corrected chi connectivity index (χ3v) is 4.56. The first kappa shape index (κ1) is 16.0. The van der Waals surface area contributed by atoms with E-state index in [0.717, 1.165) is 12.8 Å². The Morgan fingerprint density at radius 2 is 2.05 bits per heavy atom. The van der Waals surface area contributed by atoms with Crippen LogP contribution in [0.3, 0.4) is 0 Å². The van der Waals surface area contributed by atoms with Crippen molar-refractivity contribution in [2.75, 3.05) is 0 Å². The molecule has 3 unspecified atom stereocenters. The van der Waals surface area contributed by atoms with Crippen LogP contribution in [0.4, 0.5) is 4.39 Å². The van der Waals surface area contributed by atoms with Crippen LogP contribution in [-0.2, 0) is 0 Å². The van der Waals surface area contributed by atoms with E-state index in [0.29, 0.717) is 29.1 Å². The van der Waals surface area contributed by atoms with E-state index in [2.05, 4.69) is 20.8 Å². The molecule has 0 spiro atoms. The summed E-state index contributed by atoms with van der Waals surface area (Å²) in [5.74, 6) is 1.63. The zero-order valence-electron chi connectivity index (χ0n) is 13.4. The summed E-state index contributed by atoms with van der Waals surface area (Å²) in [4.78, 5) is 11.7. The van der Waals surface area contributed by atoms with Crippen molar-refractivity contribution in [3.05, 3.63) is 29.6 Å². The SMILES string of the molecule is CC(=O)c1cc(F)ccc1OC1CC(C)CCC1C(C)C. The highest BCUT2D eigenvalue weighted by Crippen LogP contribution is 2.36. The summed E-state index contributed by atoms with van der Waals surface area (Å²) in [6.07, 6.45) is 3.49. The number of ketones is 1. The summed E-state index contributed by atoms with van der Waals surface area (Å²) in [7, 11) is 0. The van der Waals surface area contributed by atoms with Crippen molar-refractivity contribution >= 4 is 5.78 Å². The summed E-state index contributed by atoms with van der Waals surface area (Å²) in [6.45, 7) is 8.12. The third-order valence-electron chi connectivity index (χ3n) is 4.56. The molecule has 0 aliphatic heterocycles. The van der Waals surface area contributed by atoms with Gasteiger partial charge in [0.2, 0.25) is 0 Å². The maximum atomic E-state index is 13.3. The molecule has 1 aromatic rings. The predicted octanol–water partition coefficient (Wildman–Crippen LogP) is 4.87. The lowest BCUT2D eigenvalue weighted by molar-refractivity contribution is 0.0452. The molecule has 1 fully saturated rings. The van der Waals surface area contributed by atoms with Gasteiger partial charge in [-0.15, -0.1) is 0 Å². The molecule has 0 N–H and O–H groups in total. The quantitative estimate of drug-likeness (QED) is 0.740. The van der Waals surface area contributed by atoms with E-state index >= 15 is 0 Å². The van der Waals surface area contributed by atoms with Gasteiger partial charge in [0.05, 0.1) is 5.56 Å². The average molecular weight is 292 g/mol. The van der Waals surface area contributed by atoms with Crippen LogP contribution in [0.1, 0.15) is 57.3 Å². The minimum atomic E-state index is -0.398. The molecule has 21 heavy (non-hydrogen) atoms. The predicted molar refractivity (Wildman–Crippen MR) is 82.2 cm³/mol. The van der Waals surface area contributed by atoms with Crippen molar-refractivity contribution in [3.63, 3.8) is 0 Å². The number of hydrogen-bond acceptors (Lipinski definition) is 2. The number of Topliss-reactive ketones (excluding diaryl/α,β-unsaturated/α-hetero) is 1. The molecule has 0 radical (unpaired) electrons. The Hall–Kier alpha value is -1.38. The van der Waals surface area contributed by atoms with E-state index in [4.69, 9.17) is 4.74 Å². The zero-order chi connectivity index (χ0) is 15.6. The van der Waals surface area contributed by atoms with Gasteiger partial charge in [0, 0.05) is 0 Å². The van der Waals surface area contributed by atoms with Crippen molar-refractivity contribution in [1.82, 2.24) is 0 Å². The molecule has 1 aliphatic rings. The average Bonchev–Trinajstić information content (AvgIpc) is 2.40. The van der Waals surface area contributed by atoms with Gasteiger partial charge in [-0.05, 0) is 55.7 Å². The van der Waals surface area contributed by atoms with Crippen molar-refractivity contribution < 1.29 is 13.9 Å². The maximum Gasteiger partial charge on any atom is 0.163 e. The van der Waals surface area contributed by atoms with Gasteiger partial charge in [-0.3, -0.25) is 4.79 Å². The molecule has 0 bridgehead atoms. The second kappa shape index (κ2) is 6.59. The molecular formula is C18H25FO2. The number of ether oxygens (including phenoxy) is 1. The Morgan fingerprint density at radius 3 is 2.67 bits per heavy atom. The summed E-state index contributed by atoms with van der Waals surface area (Å²) in [6, 6.07) is 4.22. The molecular weight excluding hydrogens is 267 g/mol. The molecule has 1 saturated carbocycles. The summed E-state index contributed by atoms with van der Waals surface area (Å²) >= 11 is 0. The van der Waals surface area contributed by atoms with Crippen molar-refractivity contribution in [2.24, 2.45) is 17.8 Å². The van der Waals surface area contributed by atoms with Gasteiger partial charge in [0.1, 0.15) is 17.7 Å². The normalized spacial score (nSPS) is 25.9. The highest BCUT2D eigenvalue weighted by atomic mass is 19.1. The Balaban J connectivity index is 2.24. The first-order valence-corrected chi connectivity index (χ1v) is 7.85. The third kappa shape index (κ3) is 3.84. The number of rotatable bonds is 4. The van der Waals surface area contributed by atoms with Crippen LogP contribution in [0.15, 0.2) is 18.2 Å². The molecule has 1 aliphatic carbocycles. The Labute approximate surface area is 126 Å². The van der Waals surface area contributed by atoms with Crippen LogP contribution in [0.2, 0.25) is 0 Å². The number of halogens is 1. The summed E-state index contributed by atoms with van der Waals surface area (Å²) < 4.78 is 19.5. The van der Waals surface area contributed by atoms with Crippen molar-refractivity contribution in [3.8, 4) is 5.75 Å². The largest absolute Gasteiger partial charge is 0.489 e. The van der Waals surface area contributed by atoms with Gasteiger partial charge >= 0.3 is 0 Å². The maximum absolute atomic E-state index is 13.3. The van der Waals surface area contributed by atoms with E-state index in [9.17, 15) is 9.18 Å². The topological polar surface area (TPSA) is 26.3 Å². The molecule has 3 atom stereocenters. The summed E-state index contributed by atoms with van der Waals surface area (Å²) in [5, 5.41) is 0. The molecule has 0 aromatic heterocycles. The molecule has 2 nitrogen and oxygen atoms in total. The Kier molecular flexibility index (Phi) is 5.02. The van der Waals surface area contributed by atoms with Gasteiger partial charge in [-0.2, -0.15) is 0 Å². The van der Waals surface area contributed by atoms with E-state index < -0.39 is 5.82 Å². The molecule has 116 valence electrons. The first-order chi connectivity index (χ1) is 9.88. The number of benzene rings is 1. The molecule has 0 heterocycles. The fourth-order valence-electron chi connectivity index (χ4n) is 3.29. The fraction of sp³-hybridized carbons (Fsp3) is 0.611. The van der Waals surface area contributed by atoms with Crippen LogP contribution >= 0.6 is 0 Å². The fourth-order valence-corrected chi connectivity index (χ4v) is 3.29. The highest BCUT2D eigenvalue weighted by molar-refractivity contribution is 5.96. The summed E-state index contributed by atoms with van der Waals surface area (Å²) in [5.41, 5.74) is 0.343. The Morgan fingerprint density at radius 1 is 1.33 bits per heavy atom. The lowest BCUT2D eigenvalue weighted by Crippen LogP contribution is -2.36. The van der Waals surface area contributed by atoms with E-state index in [1.165, 1.54) is 25.5 Å². The van der Waals surface area contributed by atoms with Crippen LogP contribution in [0.5, 0.6) is 5.75 Å². The van der Waals surface area contributed by atoms with Crippen LogP contribution < -0.4 is 4.74 Å². The molecule has 2 rings (SSSR count). The van der Waals surface area contributed by atoms with Crippen molar-refractivity contribution in [1.29, 1.82) is 0 Å². The lowest BCUT2D eigenvalue weighted by Gasteiger charge is -2.37. The second-order valence-electron chi connectivity index (χ2n) is 6.68. The van der Waals surface area contributed by atoms with E-state index in [-0.39, 0.29) is 11.9 Å². The van der Waals surface area contributed by atoms with Gasteiger partial charge in [-0.25, -0.2) is 4.39 Å². The highest BCUT2D eigenvalue weighted by Gasteiger charge is 2.32. The molecule has 1 aromatic carbocycles. The van der Waals surface area contributed by atoms with Gasteiger partial charge in [-0.1, -0.05) is 27.2 Å². The second-order valence-corrected chi connectivity index (χ2v) is 6.68. The number of carbonyl (C=O) groups is 1. The molecule has 3 heteroatoms. The molecule has 0 amide bonds. The van der Waals surface area contributed by atoms with Gasteiger partial charge < -0.3 is 4.74 Å². The number of carbonyl (C=O) groups excluding carboxylic acids is 1. The minimum Gasteiger partial charge on any atom is -0.489 e. The van der Waals surface area contributed by atoms with Crippen LogP contribution in [-0.4, -0.2) is 11.9 Å². The monoisotopic (exact) mass is 292 g/mol. The van der Waals surface area contributed by atoms with E-state index in [1.54, 1.807) is 6.07 Å². The van der Waals surface area contributed by atoms with Crippen LogP contribution in [0.25, 0.3) is 0 Å². The first-order valence-electron chi connectivity index (χ1n) is 7.85. The molecule has 0 saturated heterocycles. The Bertz CT molecular complexity index is 510. The minimum absolute atomic E-state index is 0.109.